The average Bonchev–Trinajstić information content (AvgIpc) is 2.97. The van der Waals surface area contributed by atoms with Gasteiger partial charge in [0.1, 0.15) is 4.88 Å². The summed E-state index contributed by atoms with van der Waals surface area (Å²) in [6, 6.07) is 9.53. The number of aromatic carboxylic acids is 1. The Morgan fingerprint density at radius 1 is 1.32 bits per heavy atom. The second-order valence-corrected chi connectivity index (χ2v) is 5.58. The molecule has 1 aromatic carbocycles. The summed E-state index contributed by atoms with van der Waals surface area (Å²) in [5.74, 6) is -0.871. The zero-order valence-corrected chi connectivity index (χ0v) is 11.4. The van der Waals surface area contributed by atoms with Crippen molar-refractivity contribution in [2.75, 3.05) is 0 Å². The van der Waals surface area contributed by atoms with E-state index < -0.39 is 5.97 Å². The topological polar surface area (TPSA) is 42.2 Å². The molecule has 3 rings (SSSR count). The average molecular weight is 292 g/mol. The first-order valence-electron chi connectivity index (χ1n) is 5.69. The molecule has 0 fully saturated rings. The first kappa shape index (κ1) is 12.3. The number of carboxylic acid groups (broad SMARTS) is 1. The molecule has 0 radical (unpaired) electrons. The Kier molecular flexibility index (Phi) is 3.05. The van der Waals surface area contributed by atoms with Crippen molar-refractivity contribution in [3.63, 3.8) is 0 Å². The van der Waals surface area contributed by atoms with Crippen molar-refractivity contribution in [1.29, 1.82) is 0 Å². The minimum Gasteiger partial charge on any atom is -0.477 e. The molecule has 2 heterocycles. The van der Waals surface area contributed by atoms with Crippen LogP contribution >= 0.6 is 22.9 Å². The molecule has 0 aliphatic rings. The molecule has 5 heteroatoms. The first-order valence-corrected chi connectivity index (χ1v) is 6.95. The smallest absolute Gasteiger partial charge is 0.346 e. The molecule has 0 saturated heterocycles. The summed E-state index contributed by atoms with van der Waals surface area (Å²) in [6.07, 6.45) is 1.95. The monoisotopic (exact) mass is 291 g/mol. The van der Waals surface area contributed by atoms with Crippen LogP contribution in [0.5, 0.6) is 0 Å². The van der Waals surface area contributed by atoms with Crippen LogP contribution in [0.3, 0.4) is 0 Å². The van der Waals surface area contributed by atoms with E-state index in [1.807, 2.05) is 41.1 Å². The molecule has 0 atom stereocenters. The van der Waals surface area contributed by atoms with Gasteiger partial charge >= 0.3 is 5.97 Å². The van der Waals surface area contributed by atoms with Gasteiger partial charge in [-0.2, -0.15) is 0 Å². The van der Waals surface area contributed by atoms with Crippen molar-refractivity contribution in [3.8, 4) is 0 Å². The number of aromatic nitrogens is 1. The van der Waals surface area contributed by atoms with Crippen molar-refractivity contribution in [2.45, 2.75) is 6.54 Å². The van der Waals surface area contributed by atoms with Crippen LogP contribution in [0.2, 0.25) is 5.02 Å². The van der Waals surface area contributed by atoms with E-state index in [1.54, 1.807) is 5.38 Å². The highest BCUT2D eigenvalue weighted by molar-refractivity contribution is 7.12. The normalized spacial score (nSPS) is 11.0. The molecule has 0 unspecified atom stereocenters. The van der Waals surface area contributed by atoms with E-state index in [9.17, 15) is 4.79 Å². The zero-order valence-electron chi connectivity index (χ0n) is 9.84. The summed E-state index contributed by atoms with van der Waals surface area (Å²) < 4.78 is 2.03. The summed E-state index contributed by atoms with van der Waals surface area (Å²) in [5, 5.41) is 12.7. The molecule has 3 nitrogen and oxygen atoms in total. The van der Waals surface area contributed by atoms with Crippen molar-refractivity contribution < 1.29 is 9.90 Å². The van der Waals surface area contributed by atoms with Gasteiger partial charge in [0.05, 0.1) is 0 Å². The van der Waals surface area contributed by atoms with Crippen molar-refractivity contribution >= 4 is 39.8 Å². The molecule has 2 aromatic heterocycles. The largest absolute Gasteiger partial charge is 0.477 e. The van der Waals surface area contributed by atoms with Crippen molar-refractivity contribution in [2.24, 2.45) is 0 Å². The van der Waals surface area contributed by atoms with Crippen LogP contribution in [0, 0.1) is 0 Å². The van der Waals surface area contributed by atoms with Crippen LogP contribution in [-0.4, -0.2) is 15.6 Å². The van der Waals surface area contributed by atoms with Crippen LogP contribution in [-0.2, 0) is 6.54 Å². The minimum atomic E-state index is -0.871. The molecule has 1 N–H and O–H groups in total. The third-order valence-corrected chi connectivity index (χ3v) is 4.19. The van der Waals surface area contributed by atoms with Gasteiger partial charge in [0.15, 0.2) is 0 Å². The quantitative estimate of drug-likeness (QED) is 0.789. The van der Waals surface area contributed by atoms with E-state index in [0.717, 1.165) is 16.5 Å². The maximum atomic E-state index is 11.1. The van der Waals surface area contributed by atoms with E-state index in [-0.39, 0.29) is 0 Å². The Morgan fingerprint density at radius 2 is 2.16 bits per heavy atom. The standard InChI is InChI=1S/C14H10ClNO2S/c15-11-1-2-12-9(7-11)3-5-16(12)8-10-4-6-19-13(10)14(17)18/h1-7H,8H2,(H,17,18). The van der Waals surface area contributed by atoms with Gasteiger partial charge in [-0.05, 0) is 41.3 Å². The van der Waals surface area contributed by atoms with E-state index in [1.165, 1.54) is 11.3 Å². The molecule has 0 bridgehead atoms. The molecule has 96 valence electrons. The number of hydrogen-bond donors (Lipinski definition) is 1. The molecule has 0 aliphatic heterocycles. The summed E-state index contributed by atoms with van der Waals surface area (Å²) in [6.45, 7) is 0.552. The summed E-state index contributed by atoms with van der Waals surface area (Å²) in [5.41, 5.74) is 1.87. The molecular weight excluding hydrogens is 282 g/mol. The molecule has 0 aliphatic carbocycles. The maximum absolute atomic E-state index is 11.1. The fourth-order valence-electron chi connectivity index (χ4n) is 2.14. The highest BCUT2D eigenvalue weighted by atomic mass is 35.5. The lowest BCUT2D eigenvalue weighted by atomic mass is 10.2. The maximum Gasteiger partial charge on any atom is 0.346 e. The number of carbonyl (C=O) groups is 1. The molecule has 0 spiro atoms. The van der Waals surface area contributed by atoms with Crippen molar-refractivity contribution in [3.05, 3.63) is 57.4 Å². The molecule has 19 heavy (non-hydrogen) atoms. The van der Waals surface area contributed by atoms with Gasteiger partial charge in [-0.1, -0.05) is 11.6 Å². The van der Waals surface area contributed by atoms with Gasteiger partial charge in [0.2, 0.25) is 0 Å². The van der Waals surface area contributed by atoms with E-state index in [0.29, 0.717) is 16.4 Å². The van der Waals surface area contributed by atoms with Gasteiger partial charge < -0.3 is 9.67 Å². The lowest BCUT2D eigenvalue weighted by molar-refractivity contribution is 0.0701. The molecule has 3 aromatic rings. The predicted molar refractivity (Wildman–Crippen MR) is 77.3 cm³/mol. The lowest BCUT2D eigenvalue weighted by Gasteiger charge is -2.05. The predicted octanol–water partition coefficient (Wildman–Crippen LogP) is 4.10. The fraction of sp³-hybridized carbons (Fsp3) is 0.0714. The highest BCUT2D eigenvalue weighted by Crippen LogP contribution is 2.23. The van der Waals surface area contributed by atoms with Gasteiger partial charge in [0.25, 0.3) is 0 Å². The highest BCUT2D eigenvalue weighted by Gasteiger charge is 2.12. The lowest BCUT2D eigenvalue weighted by Crippen LogP contribution is -2.02. The van der Waals surface area contributed by atoms with E-state index in [2.05, 4.69) is 0 Å². The second kappa shape index (κ2) is 4.72. The van der Waals surface area contributed by atoms with Gasteiger partial charge in [0, 0.05) is 28.7 Å². The minimum absolute atomic E-state index is 0.399. The molecule has 0 amide bonds. The second-order valence-electron chi connectivity index (χ2n) is 4.23. The SMILES string of the molecule is O=C(O)c1sccc1Cn1ccc2cc(Cl)ccc21. The number of carboxylic acids is 1. The van der Waals surface area contributed by atoms with Crippen LogP contribution < -0.4 is 0 Å². The van der Waals surface area contributed by atoms with Gasteiger partial charge in [-0.25, -0.2) is 4.79 Å². The number of thiophene rings is 1. The summed E-state index contributed by atoms with van der Waals surface area (Å²) in [7, 11) is 0. The number of nitrogens with zero attached hydrogens (tertiary/aromatic N) is 1. The fourth-order valence-corrected chi connectivity index (χ4v) is 3.07. The van der Waals surface area contributed by atoms with Crippen LogP contribution in [0.25, 0.3) is 10.9 Å². The Labute approximate surface area is 118 Å². The Balaban J connectivity index is 2.01. The summed E-state index contributed by atoms with van der Waals surface area (Å²) >= 11 is 7.21. The number of fused-ring (bicyclic) bond motifs is 1. The Hall–Kier alpha value is -1.78. The third-order valence-electron chi connectivity index (χ3n) is 3.01. The van der Waals surface area contributed by atoms with E-state index >= 15 is 0 Å². The van der Waals surface area contributed by atoms with E-state index in [4.69, 9.17) is 16.7 Å². The van der Waals surface area contributed by atoms with Gasteiger partial charge in [-0.3, -0.25) is 0 Å². The number of halogens is 1. The van der Waals surface area contributed by atoms with Gasteiger partial charge in [-0.15, -0.1) is 11.3 Å². The van der Waals surface area contributed by atoms with Crippen molar-refractivity contribution in [1.82, 2.24) is 4.57 Å². The Morgan fingerprint density at radius 3 is 2.95 bits per heavy atom. The summed E-state index contributed by atoms with van der Waals surface area (Å²) in [4.78, 5) is 11.5. The van der Waals surface area contributed by atoms with Crippen LogP contribution in [0.1, 0.15) is 15.2 Å². The number of rotatable bonds is 3. The third kappa shape index (κ3) is 2.25. The zero-order chi connectivity index (χ0) is 13.4. The van der Waals surface area contributed by atoms with Crippen LogP contribution in [0.15, 0.2) is 41.9 Å². The molecule has 0 saturated carbocycles. The number of benzene rings is 1. The Bertz CT molecular complexity index is 760. The van der Waals surface area contributed by atoms with Crippen LogP contribution in [0.4, 0.5) is 0 Å². The first-order chi connectivity index (χ1) is 9.15. The molecular formula is C14H10ClNO2S. The number of hydrogen-bond acceptors (Lipinski definition) is 2.